The number of carbonyl (C=O) groups is 2. The molecule has 1 fully saturated rings. The van der Waals surface area contributed by atoms with Crippen molar-refractivity contribution in [1.29, 1.82) is 0 Å². The van der Waals surface area contributed by atoms with Crippen molar-refractivity contribution in [3.63, 3.8) is 0 Å². The third kappa shape index (κ3) is 12.3. The van der Waals surface area contributed by atoms with Crippen LogP contribution in [-0.2, 0) is 35.8 Å². The smallest absolute Gasteiger partial charge is 0.317 e. The van der Waals surface area contributed by atoms with E-state index in [0.29, 0.717) is 48.2 Å². The molecule has 0 spiro atoms. The Bertz CT molecular complexity index is 1890. The first-order chi connectivity index (χ1) is 28.2. The predicted molar refractivity (Wildman–Crippen MR) is 251 cm³/mol. The van der Waals surface area contributed by atoms with Crippen LogP contribution in [0.2, 0.25) is 0 Å². The molecule has 4 atom stereocenters. The monoisotopic (exact) mass is 813 g/mol. The van der Waals surface area contributed by atoms with Gasteiger partial charge in [0.2, 0.25) is 0 Å². The van der Waals surface area contributed by atoms with E-state index in [1.165, 1.54) is 22.3 Å². The Morgan fingerprint density at radius 1 is 0.500 bits per heavy atom. The number of nitrogens with zero attached hydrogens (tertiary/aromatic N) is 4. The van der Waals surface area contributed by atoms with Gasteiger partial charge in [-0.2, -0.15) is 0 Å². The van der Waals surface area contributed by atoms with Gasteiger partial charge in [0.1, 0.15) is 52.4 Å². The van der Waals surface area contributed by atoms with Gasteiger partial charge in [0, 0.05) is 22.3 Å². The van der Waals surface area contributed by atoms with E-state index in [2.05, 4.69) is 180 Å². The first-order valence-electron chi connectivity index (χ1n) is 22.3. The number of hydrogen-bond acceptors (Lipinski definition) is 2. The van der Waals surface area contributed by atoms with E-state index in [1.54, 1.807) is 0 Å². The second kappa shape index (κ2) is 19.5. The highest BCUT2D eigenvalue weighted by Crippen LogP contribution is 2.35. The molecule has 0 bridgehead atoms. The third-order valence-corrected chi connectivity index (χ3v) is 12.9. The average molecular weight is 813 g/mol. The van der Waals surface area contributed by atoms with Gasteiger partial charge in [0.05, 0.1) is 54.1 Å². The van der Waals surface area contributed by atoms with Crippen LogP contribution >= 0.6 is 0 Å². The Kier molecular flexibility index (Phi) is 15.1. The van der Waals surface area contributed by atoms with Crippen LogP contribution in [0.3, 0.4) is 0 Å². The van der Waals surface area contributed by atoms with E-state index in [-0.39, 0.29) is 35.5 Å². The van der Waals surface area contributed by atoms with E-state index in [0.717, 1.165) is 57.2 Å². The van der Waals surface area contributed by atoms with Crippen LogP contribution in [-0.4, -0.2) is 98.2 Å². The van der Waals surface area contributed by atoms with Gasteiger partial charge in [-0.25, -0.2) is 18.6 Å². The van der Waals surface area contributed by atoms with Crippen molar-refractivity contribution in [3.05, 3.63) is 155 Å². The highest BCUT2D eigenvalue weighted by Gasteiger charge is 2.52. The lowest BCUT2D eigenvalue weighted by atomic mass is 9.88. The summed E-state index contributed by atoms with van der Waals surface area (Å²) < 4.78 is 2.48. The van der Waals surface area contributed by atoms with Gasteiger partial charge < -0.3 is 8.97 Å². The number of amides is 2. The molecule has 0 aromatic heterocycles. The van der Waals surface area contributed by atoms with Gasteiger partial charge in [0.15, 0.2) is 0 Å². The highest BCUT2D eigenvalue weighted by molar-refractivity contribution is 5.73. The zero-order valence-electron chi connectivity index (χ0n) is 38.8. The second-order valence-corrected chi connectivity index (χ2v) is 20.5. The van der Waals surface area contributed by atoms with E-state index in [1.807, 2.05) is 12.2 Å². The Balaban J connectivity index is 1.41. The molecule has 0 radical (unpaired) electrons. The Hall–Kier alpha value is -4.46. The van der Waals surface area contributed by atoms with Crippen LogP contribution in [0, 0.1) is 11.8 Å². The van der Waals surface area contributed by atoms with Gasteiger partial charge in [-0.3, -0.25) is 0 Å². The van der Waals surface area contributed by atoms with Gasteiger partial charge in [0.25, 0.3) is 0 Å². The SMILES string of the molecule is C=Cc1ccc(C[N+]2(C(=O)C(C)CC(C)c3ccc(C[N+](C)(C)C)cc3)CC[N+](Cc3ccc(C=C)cc3)(C(=O)C(C)CC(C)c3ccc(C[N+](C)(C)C)cc3)CC2)cc1. The minimum atomic E-state index is -0.144. The van der Waals surface area contributed by atoms with Crippen LogP contribution in [0.1, 0.15) is 96.9 Å². The van der Waals surface area contributed by atoms with Crippen molar-refractivity contribution < 1.29 is 27.5 Å². The van der Waals surface area contributed by atoms with E-state index >= 15 is 9.59 Å². The summed E-state index contributed by atoms with van der Waals surface area (Å²) in [5.74, 6) is 0.763. The fourth-order valence-corrected chi connectivity index (χ4v) is 9.59. The number of piperazine rings is 1. The van der Waals surface area contributed by atoms with Crippen LogP contribution in [0.15, 0.2) is 110 Å². The summed E-state index contributed by atoms with van der Waals surface area (Å²) >= 11 is 0. The molecule has 4 aromatic carbocycles. The lowest BCUT2D eigenvalue weighted by Gasteiger charge is -2.48. The third-order valence-electron chi connectivity index (χ3n) is 12.9. The molecule has 1 aliphatic rings. The molecule has 4 unspecified atom stereocenters. The first kappa shape index (κ1) is 46.6. The average Bonchev–Trinajstić information content (AvgIpc) is 3.21. The number of hydrogen-bond donors (Lipinski definition) is 0. The number of rotatable bonds is 18. The molecule has 320 valence electrons. The maximum atomic E-state index is 15.1. The summed E-state index contributed by atoms with van der Waals surface area (Å²) in [6, 6.07) is 35.0. The Labute approximate surface area is 363 Å². The van der Waals surface area contributed by atoms with Crippen LogP contribution < -0.4 is 0 Å². The molecule has 0 saturated carbocycles. The molecule has 2 amide bonds. The minimum Gasteiger partial charge on any atom is -0.327 e. The van der Waals surface area contributed by atoms with Crippen LogP contribution in [0.5, 0.6) is 0 Å². The maximum Gasteiger partial charge on any atom is 0.317 e. The largest absolute Gasteiger partial charge is 0.327 e. The van der Waals surface area contributed by atoms with E-state index < -0.39 is 0 Å². The Morgan fingerprint density at radius 3 is 1.05 bits per heavy atom. The normalized spacial score (nSPS) is 20.4. The maximum absolute atomic E-state index is 15.1. The molecule has 6 heteroatoms. The summed E-state index contributed by atoms with van der Waals surface area (Å²) in [5.41, 5.74) is 9.61. The molecule has 6 nitrogen and oxygen atoms in total. The minimum absolute atomic E-state index is 0.144. The zero-order chi connectivity index (χ0) is 43.9. The number of benzene rings is 4. The van der Waals surface area contributed by atoms with E-state index in [9.17, 15) is 0 Å². The zero-order valence-corrected chi connectivity index (χ0v) is 38.8. The number of quaternary nitrogens is 4. The van der Waals surface area contributed by atoms with Crippen molar-refractivity contribution in [2.45, 2.75) is 78.6 Å². The second-order valence-electron chi connectivity index (χ2n) is 20.5. The Morgan fingerprint density at radius 2 is 0.783 bits per heavy atom. The fourth-order valence-electron chi connectivity index (χ4n) is 9.59. The topological polar surface area (TPSA) is 34.1 Å². The number of carbonyl (C=O) groups excluding carboxylic acids is 2. The lowest BCUT2D eigenvalue weighted by Crippen LogP contribution is -2.70. The van der Waals surface area contributed by atoms with Crippen LogP contribution in [0.4, 0.5) is 0 Å². The molecular formula is C54H76N4O2+4. The van der Waals surface area contributed by atoms with Crippen molar-refractivity contribution in [1.82, 2.24) is 0 Å². The van der Waals surface area contributed by atoms with Gasteiger partial charge in [-0.05, 0) is 60.8 Å². The molecular weight excluding hydrogens is 737 g/mol. The standard InChI is InChI=1S/C54H76N4O2/c1-13-45-15-19-49(20-16-45)39-57(53(59)43(5)35-41(3)51-27-23-47(24-28-51)37-55(7,8)9)31-33-58(34-32-57,40-50-21-17-46(14-2)18-22-50)54(60)44(6)36-42(4)52-29-25-48(26-30-52)38-56(10,11)12/h13-30,41-44H,1-2,31-40H2,3-12H3/q+4. The molecule has 0 N–H and O–H groups in total. The molecule has 0 aliphatic carbocycles. The summed E-state index contributed by atoms with van der Waals surface area (Å²) in [7, 11) is 13.3. The lowest BCUT2D eigenvalue weighted by molar-refractivity contribution is -0.977. The quantitative estimate of drug-likeness (QED) is 0.0938. The molecule has 1 aliphatic heterocycles. The van der Waals surface area contributed by atoms with E-state index in [4.69, 9.17) is 0 Å². The highest BCUT2D eigenvalue weighted by atomic mass is 16.2. The molecule has 1 saturated heterocycles. The molecule has 1 heterocycles. The predicted octanol–water partition coefficient (Wildman–Crippen LogP) is 10.4. The summed E-state index contributed by atoms with van der Waals surface area (Å²) in [6.45, 7) is 22.3. The van der Waals surface area contributed by atoms with Crippen molar-refractivity contribution >= 4 is 24.0 Å². The molecule has 4 aromatic rings. The molecule has 60 heavy (non-hydrogen) atoms. The van der Waals surface area contributed by atoms with Crippen LogP contribution in [0.25, 0.3) is 12.2 Å². The van der Waals surface area contributed by atoms with Crippen molar-refractivity contribution in [2.75, 3.05) is 68.5 Å². The first-order valence-corrected chi connectivity index (χ1v) is 22.3. The van der Waals surface area contributed by atoms with Crippen molar-refractivity contribution in [2.24, 2.45) is 11.8 Å². The molecule has 5 rings (SSSR count). The van der Waals surface area contributed by atoms with Gasteiger partial charge in [-0.15, -0.1) is 0 Å². The fraction of sp³-hybridized carbons (Fsp3) is 0.444. The summed E-state index contributed by atoms with van der Waals surface area (Å²) in [4.78, 5) is 30.2. The van der Waals surface area contributed by atoms with Gasteiger partial charge in [-0.1, -0.05) is 136 Å². The van der Waals surface area contributed by atoms with Crippen molar-refractivity contribution in [3.8, 4) is 0 Å². The van der Waals surface area contributed by atoms with Gasteiger partial charge >= 0.3 is 11.8 Å². The summed E-state index contributed by atoms with van der Waals surface area (Å²) in [5, 5.41) is 0. The summed E-state index contributed by atoms with van der Waals surface area (Å²) in [6.07, 6.45) is 5.29.